The van der Waals surface area contributed by atoms with Gasteiger partial charge in [0.25, 0.3) is 11.5 Å². The van der Waals surface area contributed by atoms with E-state index in [2.05, 4.69) is 4.98 Å². The second kappa shape index (κ2) is 6.64. The average Bonchev–Trinajstić information content (AvgIpc) is 2.88. The molecule has 0 saturated carbocycles. The van der Waals surface area contributed by atoms with Crippen molar-refractivity contribution in [3.8, 4) is 0 Å². The average molecular weight is 321 g/mol. The van der Waals surface area contributed by atoms with Crippen LogP contribution in [-0.4, -0.2) is 27.4 Å². The summed E-state index contributed by atoms with van der Waals surface area (Å²) in [5.41, 5.74) is 0.0385. The Kier molecular flexibility index (Phi) is 4.64. The lowest BCUT2D eigenvalue weighted by atomic mass is 10.2. The summed E-state index contributed by atoms with van der Waals surface area (Å²) in [5, 5.41) is 21.4. The first-order valence-corrected chi connectivity index (χ1v) is 6.54. The highest BCUT2D eigenvalue weighted by Crippen LogP contribution is 2.12. The van der Waals surface area contributed by atoms with E-state index in [1.807, 2.05) is 0 Å². The van der Waals surface area contributed by atoms with Crippen molar-refractivity contribution in [1.82, 2.24) is 4.98 Å². The molecule has 120 valence electrons. The quantitative estimate of drug-likeness (QED) is 0.369. The van der Waals surface area contributed by atoms with Gasteiger partial charge in [0.1, 0.15) is 4.92 Å². The second-order valence-electron chi connectivity index (χ2n) is 4.58. The van der Waals surface area contributed by atoms with Crippen LogP contribution in [0, 0.1) is 27.2 Å². The van der Waals surface area contributed by atoms with Gasteiger partial charge in [-0.15, -0.1) is 4.57 Å². The molecule has 0 atom stereocenters. The van der Waals surface area contributed by atoms with Crippen LogP contribution in [0.5, 0.6) is 0 Å². The van der Waals surface area contributed by atoms with Crippen LogP contribution in [0.15, 0.2) is 30.5 Å². The van der Waals surface area contributed by atoms with Gasteiger partial charge in [0.2, 0.25) is 0 Å². The lowest BCUT2D eigenvalue weighted by Gasteiger charge is -2.02. The van der Waals surface area contributed by atoms with Gasteiger partial charge in [0.15, 0.2) is 19.3 Å². The number of imidazole rings is 1. The second-order valence-corrected chi connectivity index (χ2v) is 4.58. The van der Waals surface area contributed by atoms with Crippen LogP contribution in [0.2, 0.25) is 0 Å². The number of aryl methyl sites for hydroxylation is 1. The fraction of sp³-hybridized carbons (Fsp3) is 0.231. The van der Waals surface area contributed by atoms with E-state index in [9.17, 15) is 25.0 Å². The number of hydrogen-bond acceptors (Lipinski definition) is 6. The third kappa shape index (κ3) is 3.67. The number of H-pyrrole nitrogens is 1. The third-order valence-corrected chi connectivity index (χ3v) is 3.14. The highest BCUT2D eigenvalue weighted by molar-refractivity contribution is 5.89. The molecule has 0 radical (unpaired) electrons. The van der Waals surface area contributed by atoms with Crippen LogP contribution in [-0.2, 0) is 11.3 Å². The number of nitrogens with one attached hydrogen (secondary N) is 1. The number of nitrogens with zero attached hydrogens (tertiary/aromatic N) is 3. The molecule has 1 heterocycles. The van der Waals surface area contributed by atoms with Crippen LogP contribution < -0.4 is 4.57 Å². The predicted molar refractivity (Wildman–Crippen MR) is 75.8 cm³/mol. The Balaban J connectivity index is 1.96. The molecule has 0 fully saturated rings. The van der Waals surface area contributed by atoms with Gasteiger partial charge in [-0.2, -0.15) is 0 Å². The summed E-state index contributed by atoms with van der Waals surface area (Å²) in [6, 6.07) is 4.98. The number of carbonyl (C=O) groups excluding carboxylic acids is 1. The zero-order chi connectivity index (χ0) is 17.0. The zero-order valence-electron chi connectivity index (χ0n) is 12.1. The van der Waals surface area contributed by atoms with Gasteiger partial charge in [-0.05, 0) is 12.1 Å². The fourth-order valence-corrected chi connectivity index (χ4v) is 1.96. The molecule has 1 N–H and O–H groups in total. The Labute approximate surface area is 129 Å². The fourth-order valence-electron chi connectivity index (χ4n) is 1.96. The Morgan fingerprint density at radius 2 is 1.87 bits per heavy atom. The van der Waals surface area contributed by atoms with Crippen molar-refractivity contribution in [3.63, 3.8) is 0 Å². The summed E-state index contributed by atoms with van der Waals surface area (Å²) in [5.74, 6) is -0.228. The molecule has 0 amide bonds. The van der Waals surface area contributed by atoms with Gasteiger partial charge in [0.05, 0.1) is 10.5 Å². The summed E-state index contributed by atoms with van der Waals surface area (Å²) in [6.07, 6.45) is 1.26. The van der Waals surface area contributed by atoms with Gasteiger partial charge in [-0.3, -0.25) is 20.2 Å². The first kappa shape index (κ1) is 16.1. The number of rotatable bonds is 6. The Bertz CT molecular complexity index is 752. The van der Waals surface area contributed by atoms with Crippen molar-refractivity contribution in [1.29, 1.82) is 0 Å². The molecule has 0 spiro atoms. The van der Waals surface area contributed by atoms with Crippen molar-refractivity contribution in [2.75, 3.05) is 6.61 Å². The van der Waals surface area contributed by atoms with E-state index in [0.29, 0.717) is 5.82 Å². The normalized spacial score (nSPS) is 10.3. The highest BCUT2D eigenvalue weighted by atomic mass is 16.6. The summed E-state index contributed by atoms with van der Waals surface area (Å²) in [7, 11) is 0. The molecule has 10 nitrogen and oxygen atoms in total. The van der Waals surface area contributed by atoms with Crippen molar-refractivity contribution in [2.45, 2.75) is 13.5 Å². The Morgan fingerprint density at radius 3 is 2.43 bits per heavy atom. The molecular weight excluding hydrogens is 308 g/mol. The molecule has 0 saturated heterocycles. The smallest absolute Gasteiger partial charge is 0.455 e. The van der Waals surface area contributed by atoms with E-state index >= 15 is 0 Å². The van der Waals surface area contributed by atoms with E-state index < -0.39 is 15.8 Å². The maximum Gasteiger partial charge on any atom is 0.519 e. The highest BCUT2D eigenvalue weighted by Gasteiger charge is 2.26. The first-order valence-electron chi connectivity index (χ1n) is 6.54. The minimum Gasteiger partial charge on any atom is -0.455 e. The lowest BCUT2D eigenvalue weighted by molar-refractivity contribution is -0.739. The molecule has 10 heteroatoms. The van der Waals surface area contributed by atoms with Crippen molar-refractivity contribution in [3.05, 3.63) is 62.1 Å². The van der Waals surface area contributed by atoms with Crippen LogP contribution in [0.1, 0.15) is 16.2 Å². The van der Waals surface area contributed by atoms with Gasteiger partial charge in [-0.1, -0.05) is 0 Å². The molecule has 0 aliphatic carbocycles. The van der Waals surface area contributed by atoms with E-state index in [1.165, 1.54) is 35.0 Å². The summed E-state index contributed by atoms with van der Waals surface area (Å²) >= 11 is 0. The number of aromatic nitrogens is 2. The van der Waals surface area contributed by atoms with Gasteiger partial charge < -0.3 is 9.72 Å². The topological polar surface area (TPSA) is 132 Å². The lowest BCUT2D eigenvalue weighted by Crippen LogP contribution is -2.39. The largest absolute Gasteiger partial charge is 0.519 e. The molecule has 0 unspecified atom stereocenters. The van der Waals surface area contributed by atoms with Crippen molar-refractivity contribution >= 4 is 17.5 Å². The van der Waals surface area contributed by atoms with E-state index in [0.717, 1.165) is 0 Å². The number of benzene rings is 1. The van der Waals surface area contributed by atoms with E-state index in [-0.39, 0.29) is 30.2 Å². The standard InChI is InChI=1S/C13H12N4O6/c1-9-14-8-12(17(21)22)15(9)6-7-23-13(18)10-2-4-11(5-3-10)16(19)20/h2-5,8H,6-7H2,1H3/p+1. The third-order valence-electron chi connectivity index (χ3n) is 3.14. The van der Waals surface area contributed by atoms with Crippen molar-refractivity contribution in [2.24, 2.45) is 0 Å². The number of esters is 1. The molecule has 2 rings (SSSR count). The van der Waals surface area contributed by atoms with Gasteiger partial charge >= 0.3 is 11.8 Å². The zero-order valence-corrected chi connectivity index (χ0v) is 12.1. The Hall–Kier alpha value is -3.30. The van der Waals surface area contributed by atoms with E-state index in [1.54, 1.807) is 6.92 Å². The van der Waals surface area contributed by atoms with Gasteiger partial charge in [-0.25, -0.2) is 4.79 Å². The monoisotopic (exact) mass is 321 g/mol. The summed E-state index contributed by atoms with van der Waals surface area (Å²) in [4.78, 5) is 34.8. The maximum atomic E-state index is 11.8. The molecule has 1 aromatic heterocycles. The number of ether oxygens (including phenoxy) is 1. The summed E-state index contributed by atoms with van der Waals surface area (Å²) in [6.45, 7) is 1.70. The van der Waals surface area contributed by atoms with Crippen LogP contribution >= 0.6 is 0 Å². The number of nitro benzene ring substituents is 1. The molecule has 0 aliphatic rings. The summed E-state index contributed by atoms with van der Waals surface area (Å²) < 4.78 is 6.40. The minimum absolute atomic E-state index is 0.0694. The SMILES string of the molecule is Cc1[nH]cc([N+](=O)[O-])[n+]1CCOC(=O)c1ccc([N+](=O)[O-])cc1. The number of nitro groups is 2. The molecule has 2 aromatic rings. The number of non-ortho nitro benzene ring substituents is 1. The molecule has 0 aliphatic heterocycles. The molecule has 23 heavy (non-hydrogen) atoms. The first-order chi connectivity index (χ1) is 10.9. The molecular formula is C13H13N4O6+. The number of carbonyl (C=O) groups is 1. The van der Waals surface area contributed by atoms with Crippen LogP contribution in [0.25, 0.3) is 0 Å². The minimum atomic E-state index is -0.656. The van der Waals surface area contributed by atoms with Crippen LogP contribution in [0.3, 0.4) is 0 Å². The van der Waals surface area contributed by atoms with Gasteiger partial charge in [0, 0.05) is 19.1 Å². The predicted octanol–water partition coefficient (Wildman–Crippen LogP) is 1.28. The molecule has 0 bridgehead atoms. The van der Waals surface area contributed by atoms with E-state index in [4.69, 9.17) is 4.74 Å². The molecule has 1 aromatic carbocycles. The Morgan fingerprint density at radius 1 is 1.22 bits per heavy atom. The number of hydrogen-bond donors (Lipinski definition) is 1. The maximum absolute atomic E-state index is 11.8. The van der Waals surface area contributed by atoms with Crippen molar-refractivity contribution < 1.29 is 23.9 Å². The van der Waals surface area contributed by atoms with Crippen LogP contribution in [0.4, 0.5) is 11.5 Å². The number of aromatic amines is 1.